The first-order chi connectivity index (χ1) is 18.2. The lowest BCUT2D eigenvalue weighted by Gasteiger charge is -2.38. The first-order valence-corrected chi connectivity index (χ1v) is 12.0. The van der Waals surface area contributed by atoms with Gasteiger partial charge in [0.1, 0.15) is 6.07 Å². The molecule has 0 spiro atoms. The first kappa shape index (κ1) is 26.4. The number of halogens is 1. The average molecular weight is 538 g/mol. The SMILES string of the molecule is CCNc1nc(N(C(=O)O)c2cc(C#N)cc(N3CCN(C(C)C(N)=O)CC3)c2Cl)nn2c(C#N)cnc12. The van der Waals surface area contributed by atoms with Gasteiger partial charge in [-0.05, 0) is 26.0 Å². The van der Waals surface area contributed by atoms with Crippen molar-refractivity contribution in [3.8, 4) is 12.1 Å². The molecule has 38 heavy (non-hydrogen) atoms. The molecular weight excluding hydrogens is 514 g/mol. The van der Waals surface area contributed by atoms with Gasteiger partial charge in [0.25, 0.3) is 5.95 Å². The molecule has 1 aliphatic rings. The number of hydrogen-bond acceptors (Lipinski definition) is 10. The van der Waals surface area contributed by atoms with E-state index >= 15 is 0 Å². The summed E-state index contributed by atoms with van der Waals surface area (Å²) in [5.74, 6) is -0.495. The molecule has 0 aliphatic carbocycles. The maximum Gasteiger partial charge on any atom is 0.419 e. The van der Waals surface area contributed by atoms with Crippen LogP contribution in [0.1, 0.15) is 25.1 Å². The van der Waals surface area contributed by atoms with Gasteiger partial charge in [0.05, 0.1) is 40.3 Å². The minimum Gasteiger partial charge on any atom is -0.464 e. The van der Waals surface area contributed by atoms with Crippen LogP contribution in [0.15, 0.2) is 18.3 Å². The number of carboxylic acid groups (broad SMARTS) is 1. The van der Waals surface area contributed by atoms with Gasteiger partial charge in [-0.25, -0.2) is 14.7 Å². The topological polar surface area (TPSA) is 193 Å². The molecule has 3 heterocycles. The minimum atomic E-state index is -1.45. The Kier molecular flexibility index (Phi) is 7.47. The molecule has 2 amide bonds. The number of imidazole rings is 1. The zero-order chi connectivity index (χ0) is 27.6. The van der Waals surface area contributed by atoms with Crippen molar-refractivity contribution in [2.45, 2.75) is 19.9 Å². The molecule has 1 unspecified atom stereocenters. The molecular formula is C23H24ClN11O3. The molecule has 1 fully saturated rings. The lowest BCUT2D eigenvalue weighted by Crippen LogP contribution is -2.53. The first-order valence-electron chi connectivity index (χ1n) is 11.6. The summed E-state index contributed by atoms with van der Waals surface area (Å²) in [6.07, 6.45) is -0.145. The summed E-state index contributed by atoms with van der Waals surface area (Å²) >= 11 is 6.78. The standard InChI is InChI=1S/C23H24ClN11O3/c1-3-28-20-21-29-12-15(11-26)35(21)31-22(30-20)34(23(37)38)17-9-14(10-25)8-16(18(17)24)33-6-4-32(5-7-33)13(2)19(27)36/h8-9,12-13H,3-7H2,1-2H3,(H2,27,36)(H,37,38)(H,28,30,31). The highest BCUT2D eigenvalue weighted by Crippen LogP contribution is 2.40. The Balaban J connectivity index is 1.80. The Bertz CT molecular complexity index is 1480. The highest BCUT2D eigenvalue weighted by molar-refractivity contribution is 6.36. The van der Waals surface area contributed by atoms with Crippen molar-refractivity contribution in [1.29, 1.82) is 10.5 Å². The fourth-order valence-corrected chi connectivity index (χ4v) is 4.52. The van der Waals surface area contributed by atoms with Crippen molar-refractivity contribution in [3.63, 3.8) is 0 Å². The molecule has 0 bridgehead atoms. The second kappa shape index (κ2) is 10.8. The van der Waals surface area contributed by atoms with Crippen molar-refractivity contribution in [3.05, 3.63) is 34.6 Å². The van der Waals surface area contributed by atoms with Crippen LogP contribution in [0.25, 0.3) is 5.65 Å². The molecule has 15 heteroatoms. The van der Waals surface area contributed by atoms with Crippen molar-refractivity contribution >= 4 is 52.4 Å². The Hall–Kier alpha value is -4.66. The number of carbonyl (C=O) groups is 2. The van der Waals surface area contributed by atoms with Crippen LogP contribution in [0.3, 0.4) is 0 Å². The fourth-order valence-electron chi connectivity index (χ4n) is 4.21. The number of carbonyl (C=O) groups excluding carboxylic acids is 1. The molecule has 1 saturated heterocycles. The quantitative estimate of drug-likeness (QED) is 0.397. The van der Waals surface area contributed by atoms with Crippen molar-refractivity contribution in [2.75, 3.05) is 47.8 Å². The van der Waals surface area contributed by atoms with Gasteiger partial charge >= 0.3 is 6.09 Å². The van der Waals surface area contributed by atoms with Gasteiger partial charge in [-0.2, -0.15) is 20.0 Å². The molecule has 0 saturated carbocycles. The summed E-state index contributed by atoms with van der Waals surface area (Å²) in [7, 11) is 0. The van der Waals surface area contributed by atoms with Gasteiger partial charge in [0, 0.05) is 32.7 Å². The van der Waals surface area contributed by atoms with Gasteiger partial charge in [-0.1, -0.05) is 11.6 Å². The molecule has 2 aromatic heterocycles. The van der Waals surface area contributed by atoms with Crippen LogP contribution >= 0.6 is 11.6 Å². The summed E-state index contributed by atoms with van der Waals surface area (Å²) in [6.45, 7) is 5.96. The molecule has 1 aromatic carbocycles. The molecule has 4 rings (SSSR count). The lowest BCUT2D eigenvalue weighted by atomic mass is 10.1. The highest BCUT2D eigenvalue weighted by Gasteiger charge is 2.30. The van der Waals surface area contributed by atoms with E-state index in [1.807, 2.05) is 28.9 Å². The van der Waals surface area contributed by atoms with E-state index in [0.29, 0.717) is 38.4 Å². The highest BCUT2D eigenvalue weighted by atomic mass is 35.5. The van der Waals surface area contributed by atoms with Crippen LogP contribution in [0.2, 0.25) is 5.02 Å². The number of primary amides is 1. The monoisotopic (exact) mass is 537 g/mol. The largest absolute Gasteiger partial charge is 0.464 e. The number of benzene rings is 1. The Labute approximate surface area is 222 Å². The van der Waals surface area contributed by atoms with Gasteiger partial charge in [0.2, 0.25) is 5.91 Å². The van der Waals surface area contributed by atoms with Crippen LogP contribution in [0, 0.1) is 22.7 Å². The zero-order valence-corrected chi connectivity index (χ0v) is 21.3. The summed E-state index contributed by atoms with van der Waals surface area (Å²) in [6, 6.07) is 6.49. The van der Waals surface area contributed by atoms with Gasteiger partial charge in [-0.3, -0.25) is 9.69 Å². The van der Waals surface area contributed by atoms with Crippen LogP contribution < -0.4 is 20.9 Å². The van der Waals surface area contributed by atoms with E-state index in [9.17, 15) is 25.2 Å². The van der Waals surface area contributed by atoms with Gasteiger partial charge in [-0.15, -0.1) is 5.10 Å². The van der Waals surface area contributed by atoms with Gasteiger partial charge < -0.3 is 21.1 Å². The Morgan fingerprint density at radius 3 is 2.55 bits per heavy atom. The van der Waals surface area contributed by atoms with Crippen molar-refractivity contribution in [1.82, 2.24) is 24.5 Å². The number of nitrogens with zero attached hydrogens (tertiary/aromatic N) is 9. The van der Waals surface area contributed by atoms with Crippen LogP contribution in [-0.4, -0.2) is 80.4 Å². The number of nitriles is 2. The molecule has 196 valence electrons. The number of hydrogen-bond donors (Lipinski definition) is 3. The number of nitrogens with one attached hydrogen (secondary N) is 1. The van der Waals surface area contributed by atoms with E-state index in [0.717, 1.165) is 4.90 Å². The predicted octanol–water partition coefficient (Wildman–Crippen LogP) is 1.76. The maximum atomic E-state index is 12.5. The number of piperazine rings is 1. The third-order valence-corrected chi connectivity index (χ3v) is 6.61. The lowest BCUT2D eigenvalue weighted by molar-refractivity contribution is -0.122. The van der Waals surface area contributed by atoms with Crippen LogP contribution in [0.4, 0.5) is 27.9 Å². The van der Waals surface area contributed by atoms with E-state index < -0.39 is 18.0 Å². The van der Waals surface area contributed by atoms with E-state index in [1.165, 1.54) is 16.8 Å². The van der Waals surface area contributed by atoms with Crippen molar-refractivity contribution in [2.24, 2.45) is 5.73 Å². The third-order valence-electron chi connectivity index (χ3n) is 6.22. The smallest absolute Gasteiger partial charge is 0.419 e. The average Bonchev–Trinajstić information content (AvgIpc) is 3.33. The predicted molar refractivity (Wildman–Crippen MR) is 138 cm³/mol. The van der Waals surface area contributed by atoms with Crippen LogP contribution in [-0.2, 0) is 4.79 Å². The Morgan fingerprint density at radius 1 is 1.26 bits per heavy atom. The van der Waals surface area contributed by atoms with Crippen molar-refractivity contribution < 1.29 is 14.7 Å². The number of fused-ring (bicyclic) bond motifs is 1. The normalized spacial score (nSPS) is 14.5. The number of rotatable bonds is 7. The van der Waals surface area contributed by atoms with E-state index in [1.54, 1.807) is 13.0 Å². The number of nitrogens with two attached hydrogens (primary N) is 1. The molecule has 1 aliphatic heterocycles. The zero-order valence-electron chi connectivity index (χ0n) is 20.6. The van der Waals surface area contributed by atoms with E-state index in [4.69, 9.17) is 17.3 Å². The van der Waals surface area contributed by atoms with E-state index in [-0.39, 0.29) is 39.4 Å². The second-order valence-electron chi connectivity index (χ2n) is 8.44. The number of amides is 2. The molecule has 3 aromatic rings. The van der Waals surface area contributed by atoms with E-state index in [2.05, 4.69) is 20.4 Å². The summed E-state index contributed by atoms with van der Waals surface area (Å²) in [5.41, 5.74) is 6.36. The number of anilines is 4. The third kappa shape index (κ3) is 4.82. The molecule has 4 N–H and O–H groups in total. The summed E-state index contributed by atoms with van der Waals surface area (Å²) < 4.78 is 1.19. The number of aromatic nitrogens is 4. The fraction of sp³-hybridized carbons (Fsp3) is 0.348. The summed E-state index contributed by atoms with van der Waals surface area (Å²) in [4.78, 5) is 37.2. The summed E-state index contributed by atoms with van der Waals surface area (Å²) in [5, 5.41) is 36.7. The maximum absolute atomic E-state index is 12.5. The Morgan fingerprint density at radius 2 is 1.97 bits per heavy atom. The minimum absolute atomic E-state index is 0.0263. The second-order valence-corrected chi connectivity index (χ2v) is 8.82. The van der Waals surface area contributed by atoms with Gasteiger partial charge in [0.15, 0.2) is 17.2 Å². The molecule has 0 radical (unpaired) electrons. The van der Waals surface area contributed by atoms with Crippen LogP contribution in [0.5, 0.6) is 0 Å². The molecule has 14 nitrogen and oxygen atoms in total. The molecule has 1 atom stereocenters.